The largest absolute Gasteiger partial charge is 0.378 e. The Morgan fingerprint density at radius 2 is 2.14 bits per heavy atom. The molecule has 0 radical (unpaired) electrons. The van der Waals surface area contributed by atoms with Crippen LogP contribution in [0.1, 0.15) is 19.0 Å². The molecule has 0 fully saturated rings. The third kappa shape index (κ3) is 4.24. The molecule has 0 saturated carbocycles. The minimum absolute atomic E-state index is 0.433. The lowest BCUT2D eigenvalue weighted by molar-refractivity contribution is 0.181. The number of methoxy groups -OCH3 is 1. The predicted octanol–water partition coefficient (Wildman–Crippen LogP) is 3.76. The SMILES string of the molecule is CCCNc1nc(-c2ccc(Cl)cn2)nc(COC)c1I. The standard InChI is InChI=1S/C14H16ClIN4O/c1-3-6-17-14-12(16)11(8-21-2)19-13(20-14)10-5-4-9(15)7-18-10/h4-5,7H,3,6,8H2,1-2H3,(H,17,19,20). The maximum atomic E-state index is 5.87. The van der Waals surface area contributed by atoms with E-state index in [2.05, 4.69) is 49.8 Å². The van der Waals surface area contributed by atoms with Crippen molar-refractivity contribution >= 4 is 40.0 Å². The first-order valence-electron chi connectivity index (χ1n) is 6.56. The summed E-state index contributed by atoms with van der Waals surface area (Å²) in [5.41, 5.74) is 1.53. The van der Waals surface area contributed by atoms with Crippen LogP contribution < -0.4 is 5.32 Å². The second kappa shape index (κ2) is 7.86. The highest BCUT2D eigenvalue weighted by Gasteiger charge is 2.14. The van der Waals surface area contributed by atoms with Crippen molar-refractivity contribution in [1.29, 1.82) is 0 Å². The van der Waals surface area contributed by atoms with Gasteiger partial charge in [-0.25, -0.2) is 9.97 Å². The topological polar surface area (TPSA) is 59.9 Å². The highest BCUT2D eigenvalue weighted by molar-refractivity contribution is 14.1. The molecular weight excluding hydrogens is 403 g/mol. The van der Waals surface area contributed by atoms with E-state index in [1.165, 1.54) is 0 Å². The quantitative estimate of drug-likeness (QED) is 0.724. The van der Waals surface area contributed by atoms with Crippen molar-refractivity contribution in [3.8, 4) is 11.5 Å². The molecule has 0 aliphatic rings. The summed E-state index contributed by atoms with van der Waals surface area (Å²) in [4.78, 5) is 13.4. The summed E-state index contributed by atoms with van der Waals surface area (Å²) in [5, 5.41) is 3.90. The van der Waals surface area contributed by atoms with Crippen LogP contribution >= 0.6 is 34.2 Å². The molecule has 2 aromatic heterocycles. The molecule has 0 aliphatic heterocycles. The Labute approximate surface area is 142 Å². The van der Waals surface area contributed by atoms with Gasteiger partial charge >= 0.3 is 0 Å². The van der Waals surface area contributed by atoms with E-state index in [1.807, 2.05) is 6.07 Å². The van der Waals surface area contributed by atoms with Crippen LogP contribution in [0.25, 0.3) is 11.5 Å². The zero-order valence-electron chi connectivity index (χ0n) is 11.9. The van der Waals surface area contributed by atoms with Gasteiger partial charge in [0.1, 0.15) is 11.5 Å². The first kappa shape index (κ1) is 16.4. The fraction of sp³-hybridized carbons (Fsp3) is 0.357. The zero-order valence-corrected chi connectivity index (χ0v) is 14.8. The van der Waals surface area contributed by atoms with Crippen LogP contribution in [0.2, 0.25) is 5.02 Å². The van der Waals surface area contributed by atoms with E-state index in [0.717, 1.165) is 28.0 Å². The van der Waals surface area contributed by atoms with Crippen molar-refractivity contribution in [2.45, 2.75) is 20.0 Å². The third-order valence-electron chi connectivity index (χ3n) is 2.70. The molecule has 5 nitrogen and oxygen atoms in total. The molecule has 0 amide bonds. The van der Waals surface area contributed by atoms with Crippen LogP contribution in [0, 0.1) is 3.57 Å². The van der Waals surface area contributed by atoms with Crippen LogP contribution in [-0.4, -0.2) is 28.6 Å². The van der Waals surface area contributed by atoms with E-state index in [-0.39, 0.29) is 0 Å². The smallest absolute Gasteiger partial charge is 0.180 e. The van der Waals surface area contributed by atoms with E-state index in [0.29, 0.717) is 23.1 Å². The van der Waals surface area contributed by atoms with Crippen molar-refractivity contribution in [3.63, 3.8) is 0 Å². The fourth-order valence-electron chi connectivity index (χ4n) is 1.71. The number of ether oxygens (including phenoxy) is 1. The maximum absolute atomic E-state index is 5.87. The number of hydrogen-bond acceptors (Lipinski definition) is 5. The molecule has 7 heteroatoms. The molecule has 2 rings (SSSR count). The maximum Gasteiger partial charge on any atom is 0.180 e. The molecule has 0 bridgehead atoms. The van der Waals surface area contributed by atoms with Crippen molar-refractivity contribution < 1.29 is 4.74 Å². The Morgan fingerprint density at radius 1 is 1.33 bits per heavy atom. The summed E-state index contributed by atoms with van der Waals surface area (Å²) in [6.07, 6.45) is 2.61. The van der Waals surface area contributed by atoms with Gasteiger partial charge in [-0.2, -0.15) is 0 Å². The molecule has 112 valence electrons. The van der Waals surface area contributed by atoms with Crippen molar-refractivity contribution in [2.24, 2.45) is 0 Å². The molecule has 0 spiro atoms. The Balaban J connectivity index is 2.44. The van der Waals surface area contributed by atoms with Gasteiger partial charge in [0.2, 0.25) is 0 Å². The predicted molar refractivity (Wildman–Crippen MR) is 92.5 cm³/mol. The number of nitrogens with zero attached hydrogens (tertiary/aromatic N) is 3. The molecule has 0 aliphatic carbocycles. The Bertz CT molecular complexity index is 607. The molecule has 21 heavy (non-hydrogen) atoms. The van der Waals surface area contributed by atoms with Crippen LogP contribution in [0.4, 0.5) is 5.82 Å². The highest BCUT2D eigenvalue weighted by Crippen LogP contribution is 2.24. The van der Waals surface area contributed by atoms with Gasteiger partial charge in [-0.15, -0.1) is 0 Å². The van der Waals surface area contributed by atoms with Gasteiger partial charge in [-0.05, 0) is 41.1 Å². The summed E-state index contributed by atoms with van der Waals surface area (Å²) < 4.78 is 6.19. The van der Waals surface area contributed by atoms with Crippen LogP contribution in [0.3, 0.4) is 0 Å². The molecule has 2 heterocycles. The van der Waals surface area contributed by atoms with Crippen LogP contribution in [0.5, 0.6) is 0 Å². The summed E-state index contributed by atoms with van der Waals surface area (Å²) >= 11 is 8.10. The number of rotatable bonds is 6. The van der Waals surface area contributed by atoms with E-state index in [9.17, 15) is 0 Å². The Hall–Kier alpha value is -0.990. The molecule has 0 atom stereocenters. The lowest BCUT2D eigenvalue weighted by Gasteiger charge is -2.12. The summed E-state index contributed by atoms with van der Waals surface area (Å²) in [5.74, 6) is 1.38. The first-order chi connectivity index (χ1) is 10.2. The first-order valence-corrected chi connectivity index (χ1v) is 8.02. The molecule has 2 aromatic rings. The van der Waals surface area contributed by atoms with Gasteiger partial charge in [0.15, 0.2) is 5.82 Å². The number of anilines is 1. The minimum atomic E-state index is 0.433. The number of halogens is 2. The molecule has 0 unspecified atom stereocenters. The number of nitrogens with one attached hydrogen (secondary N) is 1. The number of aromatic nitrogens is 3. The Kier molecular flexibility index (Phi) is 6.13. The van der Waals surface area contributed by atoms with Gasteiger partial charge in [0, 0.05) is 19.9 Å². The third-order valence-corrected chi connectivity index (χ3v) is 4.06. The molecule has 0 aromatic carbocycles. The minimum Gasteiger partial charge on any atom is -0.378 e. The van der Waals surface area contributed by atoms with E-state index < -0.39 is 0 Å². The molecular formula is C14H16ClIN4O. The Morgan fingerprint density at radius 3 is 2.76 bits per heavy atom. The molecule has 1 N–H and O–H groups in total. The highest BCUT2D eigenvalue weighted by atomic mass is 127. The fourth-order valence-corrected chi connectivity index (χ4v) is 2.41. The van der Waals surface area contributed by atoms with Gasteiger partial charge in [0.05, 0.1) is 20.9 Å². The van der Waals surface area contributed by atoms with E-state index >= 15 is 0 Å². The van der Waals surface area contributed by atoms with Gasteiger partial charge in [0.25, 0.3) is 0 Å². The summed E-state index contributed by atoms with van der Waals surface area (Å²) in [6, 6.07) is 3.59. The second-order valence-corrected chi connectivity index (χ2v) is 5.89. The zero-order chi connectivity index (χ0) is 15.2. The van der Waals surface area contributed by atoms with Crippen molar-refractivity contribution in [1.82, 2.24) is 15.0 Å². The number of hydrogen-bond donors (Lipinski definition) is 1. The lowest BCUT2D eigenvalue weighted by Crippen LogP contribution is -2.10. The number of pyridine rings is 1. The van der Waals surface area contributed by atoms with E-state index in [4.69, 9.17) is 16.3 Å². The lowest BCUT2D eigenvalue weighted by atomic mass is 10.3. The average Bonchev–Trinajstić information content (AvgIpc) is 2.49. The molecule has 0 saturated heterocycles. The summed E-state index contributed by atoms with van der Waals surface area (Å²) in [6.45, 7) is 3.40. The second-order valence-electron chi connectivity index (χ2n) is 4.38. The monoisotopic (exact) mass is 418 g/mol. The van der Waals surface area contributed by atoms with E-state index in [1.54, 1.807) is 19.4 Å². The normalized spacial score (nSPS) is 10.7. The van der Waals surface area contributed by atoms with Gasteiger partial charge < -0.3 is 10.1 Å². The van der Waals surface area contributed by atoms with Crippen molar-refractivity contribution in [3.05, 3.63) is 32.6 Å². The van der Waals surface area contributed by atoms with Gasteiger partial charge in [-0.1, -0.05) is 18.5 Å². The van der Waals surface area contributed by atoms with Crippen LogP contribution in [-0.2, 0) is 11.3 Å². The van der Waals surface area contributed by atoms with Crippen LogP contribution in [0.15, 0.2) is 18.3 Å². The summed E-state index contributed by atoms with van der Waals surface area (Å²) in [7, 11) is 1.65. The van der Waals surface area contributed by atoms with Crippen molar-refractivity contribution in [2.75, 3.05) is 19.0 Å². The average molecular weight is 419 g/mol. The van der Waals surface area contributed by atoms with Gasteiger partial charge in [-0.3, -0.25) is 4.98 Å².